The smallest absolute Gasteiger partial charge is 0.243 e. The van der Waals surface area contributed by atoms with E-state index >= 15 is 0 Å². The number of imidazole rings is 1. The van der Waals surface area contributed by atoms with Gasteiger partial charge in [-0.3, -0.25) is 4.79 Å². The van der Waals surface area contributed by atoms with Gasteiger partial charge >= 0.3 is 0 Å². The highest BCUT2D eigenvalue weighted by Crippen LogP contribution is 2.22. The predicted molar refractivity (Wildman–Crippen MR) is 108 cm³/mol. The molecule has 0 radical (unpaired) electrons. The van der Waals surface area contributed by atoms with Crippen LogP contribution in [0.25, 0.3) is 11.0 Å². The van der Waals surface area contributed by atoms with Crippen molar-refractivity contribution in [1.82, 2.24) is 14.3 Å². The van der Waals surface area contributed by atoms with E-state index in [9.17, 15) is 13.2 Å². The molecule has 2 aromatic carbocycles. The fourth-order valence-electron chi connectivity index (χ4n) is 3.41. The minimum absolute atomic E-state index is 0.0846. The highest BCUT2D eigenvalue weighted by molar-refractivity contribution is 7.89. The molecule has 0 saturated carbocycles. The number of hydrogen-bond donors (Lipinski definition) is 1. The number of ketones is 1. The molecule has 4 rings (SSSR count). The molecule has 1 aromatic heterocycles. The molecule has 1 fully saturated rings. The Morgan fingerprint density at radius 3 is 2.36 bits per heavy atom. The van der Waals surface area contributed by atoms with Crippen LogP contribution < -0.4 is 4.90 Å². The van der Waals surface area contributed by atoms with Crippen LogP contribution in [0, 0.1) is 6.92 Å². The van der Waals surface area contributed by atoms with Crippen molar-refractivity contribution in [3.63, 3.8) is 0 Å². The summed E-state index contributed by atoms with van der Waals surface area (Å²) in [5.74, 6) is 0.682. The van der Waals surface area contributed by atoms with Crippen LogP contribution in [0.15, 0.2) is 47.4 Å². The summed E-state index contributed by atoms with van der Waals surface area (Å²) < 4.78 is 27.3. The molecule has 1 aliphatic rings. The van der Waals surface area contributed by atoms with Gasteiger partial charge in [0.15, 0.2) is 5.78 Å². The second kappa shape index (κ2) is 7.03. The van der Waals surface area contributed by atoms with E-state index in [1.807, 2.05) is 19.1 Å². The van der Waals surface area contributed by atoms with Gasteiger partial charge in [0.05, 0.1) is 15.9 Å². The van der Waals surface area contributed by atoms with Gasteiger partial charge < -0.3 is 9.88 Å². The lowest BCUT2D eigenvalue weighted by molar-refractivity contribution is 0.101. The lowest BCUT2D eigenvalue weighted by atomic mass is 10.2. The van der Waals surface area contributed by atoms with Gasteiger partial charge in [0.25, 0.3) is 0 Å². The average Bonchev–Trinajstić information content (AvgIpc) is 3.11. The van der Waals surface area contributed by atoms with E-state index in [1.165, 1.54) is 23.4 Å². The van der Waals surface area contributed by atoms with E-state index in [-0.39, 0.29) is 10.7 Å². The number of aromatic nitrogens is 2. The molecule has 8 heteroatoms. The minimum Gasteiger partial charge on any atom is -0.340 e. The Kier molecular flexibility index (Phi) is 4.68. The van der Waals surface area contributed by atoms with E-state index in [0.29, 0.717) is 31.7 Å². The molecular formula is C20H22N4O3S. The van der Waals surface area contributed by atoms with Gasteiger partial charge in [0, 0.05) is 31.7 Å². The summed E-state index contributed by atoms with van der Waals surface area (Å²) in [4.78, 5) is 21.6. The zero-order valence-electron chi connectivity index (χ0n) is 15.8. The molecule has 1 N–H and O–H groups in total. The van der Waals surface area contributed by atoms with Crippen LogP contribution in [0.4, 0.5) is 5.95 Å². The number of H-pyrrole nitrogens is 1. The zero-order valence-corrected chi connectivity index (χ0v) is 16.7. The SMILES string of the molecule is CC(=O)c1ccc(S(=O)(=O)N2CCN(c3nc4ccc(C)cc4[nH]3)CC2)cc1. The first kappa shape index (κ1) is 18.6. The number of sulfonamides is 1. The number of anilines is 1. The summed E-state index contributed by atoms with van der Waals surface area (Å²) in [6.45, 7) is 5.38. The van der Waals surface area contributed by atoms with Gasteiger partial charge in [-0.15, -0.1) is 0 Å². The molecule has 0 bridgehead atoms. The second-order valence-corrected chi connectivity index (χ2v) is 8.99. The van der Waals surface area contributed by atoms with E-state index < -0.39 is 10.0 Å². The molecule has 0 unspecified atom stereocenters. The van der Waals surface area contributed by atoms with Gasteiger partial charge in [-0.05, 0) is 43.7 Å². The maximum absolute atomic E-state index is 12.9. The molecule has 0 aliphatic carbocycles. The van der Waals surface area contributed by atoms with Crippen molar-refractivity contribution >= 4 is 32.8 Å². The summed E-state index contributed by atoms with van der Waals surface area (Å²) in [5.41, 5.74) is 3.55. The van der Waals surface area contributed by atoms with E-state index in [0.717, 1.165) is 22.5 Å². The largest absolute Gasteiger partial charge is 0.340 e. The quantitative estimate of drug-likeness (QED) is 0.683. The Balaban J connectivity index is 1.48. The first-order valence-corrected chi connectivity index (χ1v) is 10.6. The molecule has 2 heterocycles. The Labute approximate surface area is 164 Å². The third-order valence-electron chi connectivity index (χ3n) is 5.06. The number of nitrogens with zero attached hydrogens (tertiary/aromatic N) is 3. The maximum Gasteiger partial charge on any atom is 0.243 e. The molecular weight excluding hydrogens is 376 g/mol. The summed E-state index contributed by atoms with van der Waals surface area (Å²) >= 11 is 0. The monoisotopic (exact) mass is 398 g/mol. The highest BCUT2D eigenvalue weighted by atomic mass is 32.2. The topological polar surface area (TPSA) is 86.4 Å². The lowest BCUT2D eigenvalue weighted by Crippen LogP contribution is -2.49. The molecule has 1 saturated heterocycles. The van der Waals surface area contributed by atoms with Crippen LogP contribution in [-0.2, 0) is 10.0 Å². The number of carbonyl (C=O) groups excluding carboxylic acids is 1. The number of rotatable bonds is 4. The van der Waals surface area contributed by atoms with Gasteiger partial charge in [-0.1, -0.05) is 18.2 Å². The van der Waals surface area contributed by atoms with Crippen molar-refractivity contribution in [3.05, 3.63) is 53.6 Å². The molecule has 0 amide bonds. The van der Waals surface area contributed by atoms with Gasteiger partial charge in [0.1, 0.15) is 0 Å². The number of Topliss-reactive ketones (excluding diaryl/α,β-unsaturated/α-hetero) is 1. The van der Waals surface area contributed by atoms with Crippen LogP contribution in [0.3, 0.4) is 0 Å². The Morgan fingerprint density at radius 1 is 1.04 bits per heavy atom. The fourth-order valence-corrected chi connectivity index (χ4v) is 4.83. The first-order chi connectivity index (χ1) is 13.3. The molecule has 1 aliphatic heterocycles. The molecule has 0 atom stereocenters. The van der Waals surface area contributed by atoms with Gasteiger partial charge in [-0.25, -0.2) is 13.4 Å². The van der Waals surface area contributed by atoms with Crippen molar-refractivity contribution in [3.8, 4) is 0 Å². The van der Waals surface area contributed by atoms with Crippen LogP contribution in [0.5, 0.6) is 0 Å². The number of benzene rings is 2. The van der Waals surface area contributed by atoms with Crippen LogP contribution in [-0.4, -0.2) is 54.7 Å². The van der Waals surface area contributed by atoms with E-state index in [4.69, 9.17) is 0 Å². The Morgan fingerprint density at radius 2 is 1.71 bits per heavy atom. The third kappa shape index (κ3) is 3.41. The van der Waals surface area contributed by atoms with Crippen LogP contribution in [0.2, 0.25) is 0 Å². The zero-order chi connectivity index (χ0) is 19.9. The maximum atomic E-state index is 12.9. The minimum atomic E-state index is -3.58. The standard InChI is InChI=1S/C20H22N4O3S/c1-14-3-8-18-19(13-14)22-20(21-18)23-9-11-24(12-10-23)28(26,27)17-6-4-16(5-7-17)15(2)25/h3-8,13H,9-12H2,1-2H3,(H,21,22). The van der Waals surface area contributed by atoms with Crippen LogP contribution >= 0.6 is 0 Å². The number of fused-ring (bicyclic) bond motifs is 1. The summed E-state index contributed by atoms with van der Waals surface area (Å²) in [6.07, 6.45) is 0. The van der Waals surface area contributed by atoms with Gasteiger partial charge in [0.2, 0.25) is 16.0 Å². The van der Waals surface area contributed by atoms with Crippen LogP contribution in [0.1, 0.15) is 22.8 Å². The number of nitrogens with one attached hydrogen (secondary N) is 1. The Bertz CT molecular complexity index is 1130. The van der Waals surface area contributed by atoms with E-state index in [1.54, 1.807) is 12.1 Å². The van der Waals surface area contributed by atoms with Crippen molar-refractivity contribution in [1.29, 1.82) is 0 Å². The number of piperazine rings is 1. The number of carbonyl (C=O) groups is 1. The highest BCUT2D eigenvalue weighted by Gasteiger charge is 2.29. The van der Waals surface area contributed by atoms with Gasteiger partial charge in [-0.2, -0.15) is 4.31 Å². The predicted octanol–water partition coefficient (Wildman–Crippen LogP) is 2.58. The number of hydrogen-bond acceptors (Lipinski definition) is 5. The summed E-state index contributed by atoms with van der Waals surface area (Å²) in [5, 5.41) is 0. The third-order valence-corrected chi connectivity index (χ3v) is 6.97. The van der Waals surface area contributed by atoms with Crippen molar-refractivity contribution in [2.24, 2.45) is 0 Å². The van der Waals surface area contributed by atoms with Crippen molar-refractivity contribution < 1.29 is 13.2 Å². The van der Waals surface area contributed by atoms with Crippen molar-refractivity contribution in [2.75, 3.05) is 31.1 Å². The van der Waals surface area contributed by atoms with Crippen molar-refractivity contribution in [2.45, 2.75) is 18.7 Å². The average molecular weight is 398 g/mol. The lowest BCUT2D eigenvalue weighted by Gasteiger charge is -2.33. The molecule has 7 nitrogen and oxygen atoms in total. The summed E-state index contributed by atoms with van der Waals surface area (Å²) in [6, 6.07) is 12.2. The molecule has 0 spiro atoms. The first-order valence-electron chi connectivity index (χ1n) is 9.17. The number of aromatic amines is 1. The molecule has 146 valence electrons. The molecule has 3 aromatic rings. The van der Waals surface area contributed by atoms with E-state index in [2.05, 4.69) is 20.9 Å². The fraction of sp³-hybridized carbons (Fsp3) is 0.300. The number of aryl methyl sites for hydroxylation is 1. The normalized spacial score (nSPS) is 15.9. The second-order valence-electron chi connectivity index (χ2n) is 7.05. The Hall–Kier alpha value is -2.71. The summed E-state index contributed by atoms with van der Waals surface area (Å²) in [7, 11) is -3.58. The molecule has 28 heavy (non-hydrogen) atoms.